The number of hydrogen-bond donors (Lipinski definition) is 5. The minimum Gasteiger partial charge on any atom is -0.491 e. The number of carbonyl (C=O) groups is 1. The molecule has 4 rings (SSSR count). The lowest BCUT2D eigenvalue weighted by molar-refractivity contribution is -0.140. The normalized spacial score (nSPS) is 17.8. The fourth-order valence-electron chi connectivity index (χ4n) is 3.61. The zero-order valence-electron chi connectivity index (χ0n) is 19.4. The van der Waals surface area contributed by atoms with Crippen molar-refractivity contribution in [3.8, 4) is 29.0 Å². The van der Waals surface area contributed by atoms with Crippen LogP contribution in [0.25, 0.3) is 11.4 Å². The predicted octanol–water partition coefficient (Wildman–Crippen LogP) is 3.97. The van der Waals surface area contributed by atoms with Crippen molar-refractivity contribution in [3.63, 3.8) is 0 Å². The molecule has 9 nitrogen and oxygen atoms in total. The van der Waals surface area contributed by atoms with Gasteiger partial charge >= 0.3 is 12.1 Å². The molecule has 1 amide bonds. The van der Waals surface area contributed by atoms with Crippen LogP contribution in [-0.2, 0) is 11.0 Å². The summed E-state index contributed by atoms with van der Waals surface area (Å²) < 4.78 is 65.3. The van der Waals surface area contributed by atoms with Gasteiger partial charge in [0.05, 0.1) is 29.5 Å². The summed E-state index contributed by atoms with van der Waals surface area (Å²) in [5.41, 5.74) is -0.0283. The number of rotatable bonds is 6. The number of carbonyl (C=O) groups excluding carboxylic acids is 1. The number of imidazole rings is 1. The smallest absolute Gasteiger partial charge is 0.432 e. The highest BCUT2D eigenvalue weighted by molar-refractivity contribution is 8.24. The van der Waals surface area contributed by atoms with E-state index in [2.05, 4.69) is 37.4 Å². The highest BCUT2D eigenvalue weighted by Gasteiger charge is 2.33. The minimum absolute atomic E-state index is 0.0435. The van der Waals surface area contributed by atoms with Crippen molar-refractivity contribution in [2.45, 2.75) is 17.8 Å². The van der Waals surface area contributed by atoms with Gasteiger partial charge in [-0.3, -0.25) is 18.9 Å². The Bertz CT molecular complexity index is 1300. The van der Waals surface area contributed by atoms with Crippen LogP contribution in [0.3, 0.4) is 0 Å². The van der Waals surface area contributed by atoms with E-state index in [0.717, 1.165) is 0 Å². The van der Waals surface area contributed by atoms with Crippen molar-refractivity contribution in [2.75, 3.05) is 30.8 Å². The van der Waals surface area contributed by atoms with Crippen LogP contribution in [0.4, 0.5) is 18.9 Å². The van der Waals surface area contributed by atoms with Gasteiger partial charge in [-0.25, -0.2) is 4.98 Å². The third-order valence-electron chi connectivity index (χ3n) is 5.55. The average Bonchev–Trinajstić information content (AvgIpc) is 3.36. The number of ether oxygens (including phenoxy) is 1. The van der Waals surface area contributed by atoms with E-state index in [0.29, 0.717) is 31.3 Å². The highest BCUT2D eigenvalue weighted by Crippen LogP contribution is 2.46. The largest absolute Gasteiger partial charge is 0.491 e. The van der Waals surface area contributed by atoms with Gasteiger partial charge in [0, 0.05) is 49.0 Å². The van der Waals surface area contributed by atoms with Crippen LogP contribution in [0.5, 0.6) is 5.75 Å². The maximum Gasteiger partial charge on any atom is 0.432 e. The van der Waals surface area contributed by atoms with Crippen LogP contribution < -0.4 is 15.4 Å². The van der Waals surface area contributed by atoms with Crippen molar-refractivity contribution in [2.24, 2.45) is 0 Å². The standard InChI is InChI=1S/C24H24F3N5O4S/c25-24(26,27)21-15-30-23(32-21)17-4-5-20(36-10-7-18-14-29-9-11-37(18,34)35)19(12-17)31-22(33)6-3-16-2-1-8-28-13-16/h1-2,4-5,8,12-13,15,18,29,34-35H,7,9-11,14H2,(H,30,32)(H,31,33). The van der Waals surface area contributed by atoms with Crippen LogP contribution in [0, 0.1) is 11.8 Å². The third kappa shape index (κ3) is 7.01. The van der Waals surface area contributed by atoms with Gasteiger partial charge in [-0.15, -0.1) is 0 Å². The fraction of sp³-hybridized carbons (Fsp3) is 0.292. The molecule has 37 heavy (non-hydrogen) atoms. The number of hydrogen-bond acceptors (Lipinski definition) is 7. The highest BCUT2D eigenvalue weighted by atomic mass is 32.3. The Morgan fingerprint density at radius 2 is 2.11 bits per heavy atom. The van der Waals surface area contributed by atoms with Crippen LogP contribution in [-0.4, -0.2) is 60.7 Å². The molecule has 0 spiro atoms. The number of alkyl halides is 3. The topological polar surface area (TPSA) is 132 Å². The molecule has 1 atom stereocenters. The van der Waals surface area contributed by atoms with E-state index in [-0.39, 0.29) is 40.4 Å². The quantitative estimate of drug-likeness (QED) is 0.302. The monoisotopic (exact) mass is 535 g/mol. The van der Waals surface area contributed by atoms with E-state index in [1.807, 2.05) is 0 Å². The van der Waals surface area contributed by atoms with E-state index < -0.39 is 28.4 Å². The van der Waals surface area contributed by atoms with Crippen LogP contribution in [0.15, 0.2) is 48.9 Å². The molecule has 1 saturated heterocycles. The minimum atomic E-state index is -4.59. The summed E-state index contributed by atoms with van der Waals surface area (Å²) in [7, 11) is -2.73. The van der Waals surface area contributed by atoms with Crippen molar-refractivity contribution < 1.29 is 31.8 Å². The molecule has 13 heteroatoms. The number of aromatic amines is 1. The molecule has 0 aliphatic carbocycles. The molecule has 3 heterocycles. The van der Waals surface area contributed by atoms with Crippen molar-refractivity contribution in [3.05, 3.63) is 60.2 Å². The first-order chi connectivity index (χ1) is 17.6. The van der Waals surface area contributed by atoms with Gasteiger partial charge in [0.25, 0.3) is 0 Å². The number of nitrogens with zero attached hydrogens (tertiary/aromatic N) is 2. The first-order valence-electron chi connectivity index (χ1n) is 11.2. The molecule has 3 aromatic rings. The van der Waals surface area contributed by atoms with Gasteiger partial charge < -0.3 is 20.4 Å². The summed E-state index contributed by atoms with van der Waals surface area (Å²) in [5.74, 6) is 4.91. The maximum absolute atomic E-state index is 13.0. The molecule has 1 aliphatic rings. The van der Waals surface area contributed by atoms with E-state index in [4.69, 9.17) is 4.74 Å². The molecular formula is C24H24F3N5O4S. The van der Waals surface area contributed by atoms with Gasteiger partial charge in [0.2, 0.25) is 0 Å². The van der Waals surface area contributed by atoms with E-state index in [9.17, 15) is 27.1 Å². The lowest BCUT2D eigenvalue weighted by atomic mass is 10.1. The van der Waals surface area contributed by atoms with Crippen LogP contribution in [0.1, 0.15) is 17.7 Å². The Balaban J connectivity index is 1.54. The Morgan fingerprint density at radius 1 is 1.27 bits per heavy atom. The number of benzene rings is 1. The third-order valence-corrected chi connectivity index (χ3v) is 7.82. The molecule has 0 bridgehead atoms. The van der Waals surface area contributed by atoms with Gasteiger partial charge in [0.15, 0.2) is 0 Å². The van der Waals surface area contributed by atoms with Gasteiger partial charge in [-0.2, -0.15) is 23.8 Å². The second-order valence-corrected chi connectivity index (χ2v) is 10.7. The fourth-order valence-corrected chi connectivity index (χ4v) is 5.25. The van der Waals surface area contributed by atoms with E-state index in [1.54, 1.807) is 18.3 Å². The maximum atomic E-state index is 13.0. The second kappa shape index (κ2) is 11.2. The first-order valence-corrected chi connectivity index (χ1v) is 13.0. The Morgan fingerprint density at radius 3 is 2.81 bits per heavy atom. The number of nitrogens with one attached hydrogen (secondary N) is 3. The summed E-state index contributed by atoms with van der Waals surface area (Å²) >= 11 is 0. The predicted molar refractivity (Wildman–Crippen MR) is 133 cm³/mol. The summed E-state index contributed by atoms with van der Waals surface area (Å²) in [6.07, 6.45) is -0.485. The average molecular weight is 536 g/mol. The molecule has 1 unspecified atom stereocenters. The van der Waals surface area contributed by atoms with Gasteiger partial charge in [-0.1, -0.05) is 5.92 Å². The van der Waals surface area contributed by atoms with Crippen molar-refractivity contribution in [1.82, 2.24) is 20.3 Å². The molecule has 0 saturated carbocycles. The number of anilines is 1. The van der Waals surface area contributed by atoms with E-state index >= 15 is 0 Å². The Hall–Kier alpha value is -3.57. The second-order valence-electron chi connectivity index (χ2n) is 8.18. The number of pyridine rings is 1. The molecule has 1 fully saturated rings. The lowest BCUT2D eigenvalue weighted by Crippen LogP contribution is -2.41. The van der Waals surface area contributed by atoms with E-state index in [1.165, 1.54) is 24.4 Å². The molecule has 196 valence electrons. The summed E-state index contributed by atoms with van der Waals surface area (Å²) in [5, 5.41) is 5.34. The molecule has 0 radical (unpaired) electrons. The Kier molecular flexibility index (Phi) is 8.03. The van der Waals surface area contributed by atoms with Gasteiger partial charge in [-0.05, 0) is 30.3 Å². The summed E-state index contributed by atoms with van der Waals surface area (Å²) in [4.78, 5) is 22.5. The molecule has 5 N–H and O–H groups in total. The molecule has 1 aliphatic heterocycles. The number of amides is 1. The molecule has 1 aromatic carbocycles. The first kappa shape index (κ1) is 26.5. The SMILES string of the molecule is O=C(C#Cc1cccnc1)Nc1cc(-c2ncc(C(F)(F)F)[nH]2)ccc1OCCC1CNCCS1(O)O. The zero-order chi connectivity index (χ0) is 26.5. The lowest BCUT2D eigenvalue weighted by Gasteiger charge is -2.43. The summed E-state index contributed by atoms with van der Waals surface area (Å²) in [6.45, 7) is 1.09. The molecule has 2 aromatic heterocycles. The zero-order valence-corrected chi connectivity index (χ0v) is 20.2. The number of halogens is 3. The Labute approximate surface area is 212 Å². The number of H-pyrrole nitrogens is 1. The summed E-state index contributed by atoms with van der Waals surface area (Å²) in [6, 6.07) is 7.77. The van der Waals surface area contributed by atoms with Crippen LogP contribution in [0.2, 0.25) is 0 Å². The number of aromatic nitrogens is 3. The van der Waals surface area contributed by atoms with Gasteiger partial charge in [0.1, 0.15) is 17.3 Å². The van der Waals surface area contributed by atoms with Crippen molar-refractivity contribution in [1.29, 1.82) is 0 Å². The van der Waals surface area contributed by atoms with Crippen LogP contribution >= 0.6 is 10.6 Å². The van der Waals surface area contributed by atoms with Crippen molar-refractivity contribution >= 4 is 22.2 Å². The molecular weight excluding hydrogens is 511 g/mol.